The molecule has 2 aromatic carbocycles. The molecule has 4 N–H and O–H groups in total. The molecule has 1 aliphatic heterocycles. The van der Waals surface area contributed by atoms with Gasteiger partial charge in [0.25, 0.3) is 5.56 Å². The van der Waals surface area contributed by atoms with Gasteiger partial charge in [-0.2, -0.15) is 0 Å². The Labute approximate surface area is 204 Å². The number of fused-ring (bicyclic) bond motifs is 2. The van der Waals surface area contributed by atoms with Crippen LogP contribution >= 0.6 is 10.8 Å². The summed E-state index contributed by atoms with van der Waals surface area (Å²) in [6.45, 7) is 6.62. The van der Waals surface area contributed by atoms with Crippen LogP contribution in [0.1, 0.15) is 37.5 Å². The highest BCUT2D eigenvalue weighted by atomic mass is 32.3. The minimum absolute atomic E-state index is 0.000165. The first kappa shape index (κ1) is 23.1. The number of nitrogens with zero attached hydrogens (tertiary/aromatic N) is 3. The molecular formula is C26H26N4O4S. The number of rotatable bonds is 3. The van der Waals surface area contributed by atoms with Gasteiger partial charge in [-0.25, -0.2) is 4.98 Å². The molecule has 8 nitrogen and oxygen atoms in total. The first-order valence-electron chi connectivity index (χ1n) is 11.1. The van der Waals surface area contributed by atoms with Crippen molar-refractivity contribution in [1.29, 1.82) is 0 Å². The van der Waals surface area contributed by atoms with Crippen molar-refractivity contribution in [2.75, 3.05) is 5.32 Å². The number of pyridine rings is 2. The van der Waals surface area contributed by atoms with E-state index in [1.54, 1.807) is 42.6 Å². The summed E-state index contributed by atoms with van der Waals surface area (Å²) in [5.74, 6) is -0.424. The molecular weight excluding hydrogens is 464 g/mol. The Kier molecular flexibility index (Phi) is 5.43. The number of amidine groups is 1. The number of benzene rings is 2. The largest absolute Gasteiger partial charge is 0.506 e. The van der Waals surface area contributed by atoms with Gasteiger partial charge in [0, 0.05) is 6.20 Å². The number of anilines is 1. The average Bonchev–Trinajstić information content (AvgIpc) is 2.81. The first-order valence-corrected chi connectivity index (χ1v) is 12.6. The monoisotopic (exact) mass is 490 g/mol. The Hall–Kier alpha value is -3.66. The lowest BCUT2D eigenvalue weighted by Gasteiger charge is -2.34. The molecule has 0 amide bonds. The van der Waals surface area contributed by atoms with Gasteiger partial charge in [0.05, 0.1) is 17.6 Å². The van der Waals surface area contributed by atoms with E-state index < -0.39 is 16.3 Å². The molecule has 0 saturated heterocycles. The number of hydrogen-bond donors (Lipinski definition) is 4. The molecule has 5 rings (SSSR count). The lowest BCUT2D eigenvalue weighted by atomic mass is 9.87. The fraction of sp³-hybridized carbons (Fsp3) is 0.192. The Morgan fingerprint density at radius 1 is 1.00 bits per heavy atom. The van der Waals surface area contributed by atoms with Gasteiger partial charge in [-0.15, -0.1) is 4.40 Å². The second-order valence-corrected chi connectivity index (χ2v) is 11.2. The van der Waals surface area contributed by atoms with Gasteiger partial charge in [-0.1, -0.05) is 67.9 Å². The van der Waals surface area contributed by atoms with Crippen molar-refractivity contribution in [2.45, 2.75) is 37.6 Å². The highest BCUT2D eigenvalue weighted by molar-refractivity contribution is 8.23. The molecule has 0 atom stereocenters. The molecule has 0 radical (unpaired) electrons. The van der Waals surface area contributed by atoms with Crippen LogP contribution in [0.5, 0.6) is 5.75 Å². The lowest BCUT2D eigenvalue weighted by molar-refractivity contribution is 0.477. The van der Waals surface area contributed by atoms with E-state index in [1.807, 2.05) is 24.3 Å². The fourth-order valence-electron chi connectivity index (χ4n) is 4.16. The van der Waals surface area contributed by atoms with Gasteiger partial charge in [0.2, 0.25) is 0 Å². The lowest BCUT2D eigenvalue weighted by Crippen LogP contribution is -2.32. The topological polar surface area (TPSA) is 120 Å². The maximum Gasteiger partial charge on any atom is 0.267 e. The van der Waals surface area contributed by atoms with Gasteiger partial charge >= 0.3 is 0 Å². The van der Waals surface area contributed by atoms with Crippen LogP contribution < -0.4 is 10.9 Å². The normalized spacial score (nSPS) is 15.7. The predicted molar refractivity (Wildman–Crippen MR) is 140 cm³/mol. The van der Waals surface area contributed by atoms with Crippen molar-refractivity contribution < 1.29 is 14.2 Å². The summed E-state index contributed by atoms with van der Waals surface area (Å²) in [5, 5.41) is 14.4. The Balaban J connectivity index is 1.67. The van der Waals surface area contributed by atoms with Crippen molar-refractivity contribution in [1.82, 2.24) is 9.55 Å². The zero-order valence-electron chi connectivity index (χ0n) is 19.6. The van der Waals surface area contributed by atoms with E-state index in [-0.39, 0.29) is 34.0 Å². The highest BCUT2D eigenvalue weighted by Crippen LogP contribution is 2.55. The number of aromatic nitrogens is 2. The van der Waals surface area contributed by atoms with E-state index in [0.29, 0.717) is 16.7 Å². The second kappa shape index (κ2) is 8.23. The number of aromatic hydroxyl groups is 1. The van der Waals surface area contributed by atoms with E-state index in [0.717, 1.165) is 5.56 Å². The van der Waals surface area contributed by atoms with Gasteiger partial charge < -0.3 is 10.4 Å². The van der Waals surface area contributed by atoms with E-state index in [1.165, 1.54) is 10.1 Å². The maximum absolute atomic E-state index is 13.7. The Morgan fingerprint density at radius 3 is 2.43 bits per heavy atom. The Bertz CT molecular complexity index is 1540. The zero-order chi connectivity index (χ0) is 25.0. The third-order valence-electron chi connectivity index (χ3n) is 6.04. The Morgan fingerprint density at radius 2 is 1.71 bits per heavy atom. The summed E-state index contributed by atoms with van der Waals surface area (Å²) in [6.07, 6.45) is 1.56. The third kappa shape index (κ3) is 4.07. The van der Waals surface area contributed by atoms with Crippen LogP contribution in [0.4, 0.5) is 5.69 Å². The van der Waals surface area contributed by atoms with Crippen LogP contribution in [0.3, 0.4) is 0 Å². The molecule has 0 unspecified atom stereocenters. The second-order valence-electron chi connectivity index (χ2n) is 9.52. The van der Waals surface area contributed by atoms with E-state index in [9.17, 15) is 19.0 Å². The quantitative estimate of drug-likeness (QED) is 0.308. The van der Waals surface area contributed by atoms with Gasteiger partial charge in [0.1, 0.15) is 21.9 Å². The molecule has 9 heteroatoms. The predicted octanol–water partition coefficient (Wildman–Crippen LogP) is 5.34. The van der Waals surface area contributed by atoms with Crippen LogP contribution in [0, 0.1) is 0 Å². The highest BCUT2D eigenvalue weighted by Gasteiger charge is 2.30. The average molecular weight is 491 g/mol. The number of para-hydroxylation sites is 1. The standard InChI is InChI=1S/C26H26N4O4S/c1-26(2,3)17-12-10-16(11-13-17)15-30-24-18(7-6-14-27-24)22(31)21(25(30)32)23-28-19-8-4-5-9-20(19)35(33,34)29-23/h4-14,31,33-34H,15H2,1-3H3,(H,28,29). The summed E-state index contributed by atoms with van der Waals surface area (Å²) in [4.78, 5) is 18.3. The number of nitrogens with one attached hydrogen (secondary N) is 1. The van der Waals surface area contributed by atoms with Gasteiger partial charge in [-0.05, 0) is 40.8 Å². The molecule has 0 saturated carbocycles. The van der Waals surface area contributed by atoms with Crippen molar-refractivity contribution in [3.05, 3.63) is 93.9 Å². The summed E-state index contributed by atoms with van der Waals surface area (Å²) in [6, 6.07) is 18.0. The van der Waals surface area contributed by atoms with E-state index in [2.05, 4.69) is 35.5 Å². The summed E-state index contributed by atoms with van der Waals surface area (Å²) in [5.41, 5.74) is 2.10. The number of hydrogen-bond acceptors (Lipinski definition) is 7. The molecule has 35 heavy (non-hydrogen) atoms. The van der Waals surface area contributed by atoms with Gasteiger partial charge in [0.15, 0.2) is 5.84 Å². The van der Waals surface area contributed by atoms with E-state index in [4.69, 9.17) is 0 Å². The van der Waals surface area contributed by atoms with Crippen LogP contribution in [0.15, 0.2) is 80.9 Å². The maximum atomic E-state index is 13.7. The van der Waals surface area contributed by atoms with Crippen molar-refractivity contribution in [3.8, 4) is 5.75 Å². The van der Waals surface area contributed by atoms with Crippen LogP contribution in [0.2, 0.25) is 0 Å². The van der Waals surface area contributed by atoms with Crippen molar-refractivity contribution in [3.63, 3.8) is 0 Å². The zero-order valence-corrected chi connectivity index (χ0v) is 20.4. The molecule has 0 fully saturated rings. The molecule has 1 aliphatic rings. The smallest absolute Gasteiger partial charge is 0.267 e. The first-order chi connectivity index (χ1) is 16.6. The van der Waals surface area contributed by atoms with Crippen LogP contribution in [0.25, 0.3) is 11.0 Å². The molecule has 2 aromatic heterocycles. The summed E-state index contributed by atoms with van der Waals surface area (Å²) >= 11 is 0. The van der Waals surface area contributed by atoms with Gasteiger partial charge in [-0.3, -0.25) is 18.5 Å². The molecule has 0 spiro atoms. The fourth-order valence-corrected chi connectivity index (χ4v) is 5.33. The molecule has 0 bridgehead atoms. The van der Waals surface area contributed by atoms with Crippen molar-refractivity contribution >= 4 is 33.3 Å². The molecule has 3 heterocycles. The van der Waals surface area contributed by atoms with Crippen LogP contribution in [-0.4, -0.2) is 29.6 Å². The summed E-state index contributed by atoms with van der Waals surface area (Å²) in [7, 11) is -3.57. The minimum Gasteiger partial charge on any atom is -0.506 e. The molecule has 0 aliphatic carbocycles. The van der Waals surface area contributed by atoms with Crippen LogP contribution in [-0.2, 0) is 12.0 Å². The molecule has 4 aromatic rings. The molecule has 180 valence electrons. The minimum atomic E-state index is -3.57. The summed E-state index contributed by atoms with van der Waals surface area (Å²) < 4.78 is 26.8. The third-order valence-corrected chi connectivity index (χ3v) is 7.43. The van der Waals surface area contributed by atoms with E-state index >= 15 is 0 Å². The SMILES string of the molecule is CC(C)(C)c1ccc(Cn2c(=O)c(C3=NS(O)(O)c4ccccc4N3)c(O)c3cccnc32)cc1. The van der Waals surface area contributed by atoms with Crippen molar-refractivity contribution in [2.24, 2.45) is 4.40 Å².